The molecule has 62 valence electrons. The Kier molecular flexibility index (Phi) is 3.37. The third-order valence-electron chi connectivity index (χ3n) is 1.74. The van der Waals surface area contributed by atoms with E-state index in [-0.39, 0.29) is 0 Å². The van der Waals surface area contributed by atoms with Gasteiger partial charge in [-0.2, -0.15) is 0 Å². The van der Waals surface area contributed by atoms with E-state index in [9.17, 15) is 0 Å². The molecule has 2 rings (SSSR count). The second-order valence-corrected chi connectivity index (χ2v) is 2.44. The number of hydrogen-bond acceptors (Lipinski definition) is 0. The molecule has 1 aliphatic rings. The molecule has 0 aromatic heterocycles. The van der Waals surface area contributed by atoms with Gasteiger partial charge in [-0.05, 0) is 17.7 Å². The highest BCUT2D eigenvalue weighted by molar-refractivity contribution is 5.32. The smallest absolute Gasteiger partial charge is 0.0348 e. The Morgan fingerprint density at radius 1 is 1.00 bits per heavy atom. The van der Waals surface area contributed by atoms with Crippen molar-refractivity contribution in [3.05, 3.63) is 53.8 Å². The molecule has 0 fully saturated rings. The Bertz CT molecular complexity index is 268. The van der Waals surface area contributed by atoms with Gasteiger partial charge in [0.1, 0.15) is 0 Å². The van der Waals surface area contributed by atoms with Crippen LogP contribution in [-0.2, 0) is 0 Å². The van der Waals surface area contributed by atoms with Crippen LogP contribution in [0.4, 0.5) is 0 Å². The van der Waals surface area contributed by atoms with Gasteiger partial charge >= 0.3 is 0 Å². The van der Waals surface area contributed by atoms with Crippen molar-refractivity contribution >= 4 is 0 Å². The van der Waals surface area contributed by atoms with Crippen molar-refractivity contribution in [2.75, 3.05) is 0 Å². The van der Waals surface area contributed by atoms with Crippen molar-refractivity contribution in [3.8, 4) is 0 Å². The molecule has 0 amide bonds. The summed E-state index contributed by atoms with van der Waals surface area (Å²) in [6.07, 6.45) is 4.16. The summed E-state index contributed by atoms with van der Waals surface area (Å²) in [7, 11) is 0. The maximum atomic E-state index is 3.01. The van der Waals surface area contributed by atoms with E-state index in [4.69, 9.17) is 0 Å². The molecule has 0 heterocycles. The van der Waals surface area contributed by atoms with Gasteiger partial charge in [0.25, 0.3) is 0 Å². The summed E-state index contributed by atoms with van der Waals surface area (Å²) in [5.41, 5.74) is 4.37. The van der Waals surface area contributed by atoms with Crippen LogP contribution in [0.15, 0.2) is 48.2 Å². The van der Waals surface area contributed by atoms with E-state index in [0.29, 0.717) is 5.92 Å². The lowest BCUT2D eigenvalue weighted by atomic mass is 9.94. The highest BCUT2D eigenvalue weighted by atomic mass is 14.1. The first-order valence-corrected chi connectivity index (χ1v) is 4.44. The molecule has 0 saturated carbocycles. The van der Waals surface area contributed by atoms with Crippen LogP contribution in [0.25, 0.3) is 0 Å². The van der Waals surface area contributed by atoms with Crippen molar-refractivity contribution in [3.63, 3.8) is 0 Å². The van der Waals surface area contributed by atoms with Crippen LogP contribution in [0.5, 0.6) is 0 Å². The van der Waals surface area contributed by atoms with Crippen LogP contribution in [0.1, 0.15) is 25.3 Å². The molecule has 0 aliphatic heterocycles. The predicted molar refractivity (Wildman–Crippen MR) is 53.2 cm³/mol. The van der Waals surface area contributed by atoms with Gasteiger partial charge in [0.15, 0.2) is 0 Å². The molecule has 12 heavy (non-hydrogen) atoms. The maximum absolute atomic E-state index is 3.01. The van der Waals surface area contributed by atoms with Gasteiger partial charge < -0.3 is 0 Å². The fourth-order valence-corrected chi connectivity index (χ4v) is 1.06. The van der Waals surface area contributed by atoms with E-state index < -0.39 is 0 Å². The summed E-state index contributed by atoms with van der Waals surface area (Å²) in [6, 6.07) is 10.4. The Morgan fingerprint density at radius 2 is 1.58 bits per heavy atom. The van der Waals surface area contributed by atoms with Crippen molar-refractivity contribution in [1.82, 2.24) is 0 Å². The molecule has 1 aromatic carbocycles. The maximum Gasteiger partial charge on any atom is 0.0348 e. The minimum absolute atomic E-state index is 0.529. The second kappa shape index (κ2) is 4.58. The first-order chi connectivity index (χ1) is 5.97. The molecule has 1 aliphatic carbocycles. The standard InChI is InChI=1S/C10H8.C2H6/c1-2-5-9(6-3-1)10-7-4-8-10;1-2/h1-3,5-8,10H;1-2H3. The van der Waals surface area contributed by atoms with Crippen LogP contribution in [-0.4, -0.2) is 0 Å². The SMILES string of the molecule is C1=CC(c2ccccc2)C=1.CC. The Hall–Kier alpha value is -1.26. The lowest BCUT2D eigenvalue weighted by Crippen LogP contribution is -1.93. The van der Waals surface area contributed by atoms with Gasteiger partial charge in [0, 0.05) is 5.92 Å². The number of benzene rings is 1. The van der Waals surface area contributed by atoms with Gasteiger partial charge in [-0.1, -0.05) is 44.2 Å². The molecular weight excluding hydrogens is 144 g/mol. The van der Waals surface area contributed by atoms with Crippen molar-refractivity contribution in [2.45, 2.75) is 19.8 Å². The summed E-state index contributed by atoms with van der Waals surface area (Å²) < 4.78 is 0. The van der Waals surface area contributed by atoms with E-state index in [1.54, 1.807) is 0 Å². The molecule has 0 N–H and O–H groups in total. The number of allylic oxidation sites excluding steroid dienone is 1. The minimum atomic E-state index is 0.529. The van der Waals surface area contributed by atoms with Crippen LogP contribution >= 0.6 is 0 Å². The molecule has 0 atom stereocenters. The average Bonchev–Trinajstić information content (AvgIpc) is 2.07. The molecule has 0 bridgehead atoms. The largest absolute Gasteiger partial charge is 0.128 e. The summed E-state index contributed by atoms with van der Waals surface area (Å²) in [5, 5.41) is 0. The number of rotatable bonds is 1. The van der Waals surface area contributed by atoms with Gasteiger partial charge in [-0.15, -0.1) is 5.73 Å². The quantitative estimate of drug-likeness (QED) is 0.548. The molecule has 1 aromatic rings. The van der Waals surface area contributed by atoms with E-state index in [1.807, 2.05) is 19.9 Å². The molecule has 0 heteroatoms. The van der Waals surface area contributed by atoms with Crippen LogP contribution in [0.2, 0.25) is 0 Å². The van der Waals surface area contributed by atoms with Crippen molar-refractivity contribution in [1.29, 1.82) is 0 Å². The fourth-order valence-electron chi connectivity index (χ4n) is 1.06. The Balaban J connectivity index is 0.000000336. The monoisotopic (exact) mass is 158 g/mol. The predicted octanol–water partition coefficient (Wildman–Crippen LogP) is 3.52. The summed E-state index contributed by atoms with van der Waals surface area (Å²) in [4.78, 5) is 0. The van der Waals surface area contributed by atoms with Crippen LogP contribution < -0.4 is 0 Å². The zero-order chi connectivity index (χ0) is 8.81. The first-order valence-electron chi connectivity index (χ1n) is 4.44. The second-order valence-electron chi connectivity index (χ2n) is 2.44. The third-order valence-corrected chi connectivity index (χ3v) is 1.74. The molecule has 0 unspecified atom stereocenters. The van der Waals surface area contributed by atoms with Crippen molar-refractivity contribution in [2.24, 2.45) is 0 Å². The van der Waals surface area contributed by atoms with Crippen molar-refractivity contribution < 1.29 is 0 Å². The summed E-state index contributed by atoms with van der Waals surface area (Å²) in [6.45, 7) is 4.00. The fraction of sp³-hybridized carbons (Fsp3) is 0.250. The lowest BCUT2D eigenvalue weighted by molar-refractivity contribution is 1.05. The van der Waals surface area contributed by atoms with E-state index >= 15 is 0 Å². The van der Waals surface area contributed by atoms with Gasteiger partial charge in [-0.3, -0.25) is 0 Å². The number of hydrogen-bond donors (Lipinski definition) is 0. The topological polar surface area (TPSA) is 0 Å². The molecular formula is C12H14. The normalized spacial score (nSPS) is 13.2. The zero-order valence-electron chi connectivity index (χ0n) is 7.62. The van der Waals surface area contributed by atoms with Crippen LogP contribution in [0, 0.1) is 0 Å². The van der Waals surface area contributed by atoms with Gasteiger partial charge in [-0.25, -0.2) is 0 Å². The van der Waals surface area contributed by atoms with E-state index in [1.165, 1.54) is 5.56 Å². The lowest BCUT2D eigenvalue weighted by Gasteiger charge is -2.09. The summed E-state index contributed by atoms with van der Waals surface area (Å²) in [5.74, 6) is 0.529. The Labute approximate surface area is 74.2 Å². The molecule has 0 radical (unpaired) electrons. The Morgan fingerprint density at radius 3 is 2.00 bits per heavy atom. The molecule has 0 spiro atoms. The molecule has 0 nitrogen and oxygen atoms in total. The average molecular weight is 158 g/mol. The first kappa shape index (κ1) is 8.83. The zero-order valence-corrected chi connectivity index (χ0v) is 7.62. The highest BCUT2D eigenvalue weighted by Gasteiger charge is 2.05. The van der Waals surface area contributed by atoms with Gasteiger partial charge in [0.2, 0.25) is 0 Å². The van der Waals surface area contributed by atoms with Gasteiger partial charge in [0.05, 0.1) is 0 Å². The van der Waals surface area contributed by atoms with Crippen LogP contribution in [0.3, 0.4) is 0 Å². The van der Waals surface area contributed by atoms with E-state index in [0.717, 1.165) is 0 Å². The minimum Gasteiger partial charge on any atom is -0.128 e. The van der Waals surface area contributed by atoms with E-state index in [2.05, 4.69) is 42.1 Å². The highest BCUT2D eigenvalue weighted by Crippen LogP contribution is 2.21. The summed E-state index contributed by atoms with van der Waals surface area (Å²) >= 11 is 0. The molecule has 0 saturated heterocycles. The third kappa shape index (κ3) is 1.87.